The van der Waals surface area contributed by atoms with Gasteiger partial charge in [0.25, 0.3) is 5.91 Å². The average molecular weight is 565 g/mol. The van der Waals surface area contributed by atoms with Gasteiger partial charge in [-0.3, -0.25) is 4.79 Å². The molecule has 0 atom stereocenters. The van der Waals surface area contributed by atoms with Gasteiger partial charge in [0.15, 0.2) is 0 Å². The molecule has 220 valence electrons. The summed E-state index contributed by atoms with van der Waals surface area (Å²) in [4.78, 5) is 20.7. The number of amides is 1. The van der Waals surface area contributed by atoms with Gasteiger partial charge in [-0.05, 0) is 68.2 Å². The van der Waals surface area contributed by atoms with Crippen LogP contribution in [0.15, 0.2) is 85.1 Å². The van der Waals surface area contributed by atoms with Crippen LogP contribution in [0, 0.1) is 0 Å². The van der Waals surface area contributed by atoms with Crippen LogP contribution in [-0.4, -0.2) is 72.7 Å². The van der Waals surface area contributed by atoms with Crippen LogP contribution < -0.4 is 9.64 Å². The standard InChI is InChI=1S/C36H44N4O2/c41-36(34-29-40(28-30-12-5-4-6-13-30)35-15-8-7-14-33(34)35)39-25-23-38(24-26-39)31-16-18-32(19-17-31)42-27-11-22-37-20-9-2-1-3-10-21-37/h4-8,12-19,29H,1-3,9-11,20-28H2. The highest BCUT2D eigenvalue weighted by molar-refractivity contribution is 6.07. The average Bonchev–Trinajstić information content (AvgIpc) is 3.39. The first kappa shape index (κ1) is 28.4. The van der Waals surface area contributed by atoms with Crippen molar-refractivity contribution in [3.05, 3.63) is 96.2 Å². The van der Waals surface area contributed by atoms with Gasteiger partial charge in [0, 0.05) is 62.1 Å². The summed E-state index contributed by atoms with van der Waals surface area (Å²) >= 11 is 0. The minimum absolute atomic E-state index is 0.122. The third-order valence-corrected chi connectivity index (χ3v) is 8.82. The molecule has 42 heavy (non-hydrogen) atoms. The minimum Gasteiger partial charge on any atom is -0.494 e. The number of nitrogens with zero attached hydrogens (tertiary/aromatic N) is 4. The molecule has 4 aromatic rings. The Morgan fingerprint density at radius 2 is 1.40 bits per heavy atom. The van der Waals surface area contributed by atoms with E-state index in [0.29, 0.717) is 13.1 Å². The lowest BCUT2D eigenvalue weighted by atomic mass is 10.1. The van der Waals surface area contributed by atoms with Gasteiger partial charge in [-0.25, -0.2) is 0 Å². The maximum Gasteiger partial charge on any atom is 0.256 e. The van der Waals surface area contributed by atoms with E-state index in [1.807, 2.05) is 29.3 Å². The van der Waals surface area contributed by atoms with Crippen LogP contribution in [0.5, 0.6) is 5.75 Å². The summed E-state index contributed by atoms with van der Waals surface area (Å²) in [6.45, 7) is 8.20. The Balaban J connectivity index is 1.00. The first-order chi connectivity index (χ1) is 20.7. The summed E-state index contributed by atoms with van der Waals surface area (Å²) in [5.41, 5.74) is 4.31. The number of hydrogen-bond donors (Lipinski definition) is 0. The molecule has 0 bridgehead atoms. The lowest BCUT2D eigenvalue weighted by Gasteiger charge is -2.36. The number of rotatable bonds is 9. The number of ether oxygens (including phenoxy) is 1. The fourth-order valence-corrected chi connectivity index (χ4v) is 6.43. The fourth-order valence-electron chi connectivity index (χ4n) is 6.43. The van der Waals surface area contributed by atoms with Crippen molar-refractivity contribution in [1.29, 1.82) is 0 Å². The van der Waals surface area contributed by atoms with Gasteiger partial charge in [-0.1, -0.05) is 67.8 Å². The zero-order valence-electron chi connectivity index (χ0n) is 24.8. The van der Waals surface area contributed by atoms with Gasteiger partial charge >= 0.3 is 0 Å². The van der Waals surface area contributed by atoms with E-state index in [1.54, 1.807) is 0 Å². The molecule has 0 N–H and O–H groups in total. The fraction of sp³-hybridized carbons (Fsp3) is 0.417. The van der Waals surface area contributed by atoms with Crippen LogP contribution in [-0.2, 0) is 6.54 Å². The zero-order chi connectivity index (χ0) is 28.6. The maximum atomic E-state index is 13.7. The summed E-state index contributed by atoms with van der Waals surface area (Å²) < 4.78 is 8.27. The van der Waals surface area contributed by atoms with Crippen molar-refractivity contribution in [3.8, 4) is 5.75 Å². The van der Waals surface area contributed by atoms with Crippen molar-refractivity contribution in [3.63, 3.8) is 0 Å². The van der Waals surface area contributed by atoms with E-state index >= 15 is 0 Å². The SMILES string of the molecule is O=C(c1cn(Cc2ccccc2)c2ccccc12)N1CCN(c2ccc(OCCCN3CCCCCCC3)cc2)CC1. The number of carbonyl (C=O) groups is 1. The topological polar surface area (TPSA) is 41.0 Å². The van der Waals surface area contributed by atoms with E-state index in [1.165, 1.54) is 56.4 Å². The van der Waals surface area contributed by atoms with Crippen LogP contribution in [0.1, 0.15) is 54.4 Å². The molecule has 0 spiro atoms. The molecule has 2 aliphatic heterocycles. The second kappa shape index (κ2) is 13.9. The molecular formula is C36H44N4O2. The molecule has 6 nitrogen and oxygen atoms in total. The van der Waals surface area contributed by atoms with Crippen LogP contribution in [0.2, 0.25) is 0 Å². The maximum absolute atomic E-state index is 13.7. The van der Waals surface area contributed by atoms with E-state index in [4.69, 9.17) is 4.74 Å². The van der Waals surface area contributed by atoms with Crippen molar-refractivity contribution in [2.24, 2.45) is 0 Å². The molecule has 6 heteroatoms. The van der Waals surface area contributed by atoms with Crippen LogP contribution in [0.3, 0.4) is 0 Å². The molecule has 0 unspecified atom stereocenters. The molecule has 2 saturated heterocycles. The lowest BCUT2D eigenvalue weighted by molar-refractivity contribution is 0.0748. The third-order valence-electron chi connectivity index (χ3n) is 8.82. The van der Waals surface area contributed by atoms with E-state index in [0.717, 1.165) is 61.4 Å². The molecule has 2 fully saturated rings. The molecule has 0 aliphatic carbocycles. The Morgan fingerprint density at radius 1 is 0.714 bits per heavy atom. The number of fused-ring (bicyclic) bond motifs is 1. The van der Waals surface area contributed by atoms with Crippen molar-refractivity contribution in [2.45, 2.75) is 45.1 Å². The van der Waals surface area contributed by atoms with E-state index in [-0.39, 0.29) is 5.91 Å². The van der Waals surface area contributed by atoms with Crippen LogP contribution in [0.25, 0.3) is 10.9 Å². The number of anilines is 1. The minimum atomic E-state index is 0.122. The van der Waals surface area contributed by atoms with Crippen molar-refractivity contribution in [2.75, 3.05) is 57.3 Å². The second-order valence-electron chi connectivity index (χ2n) is 11.8. The van der Waals surface area contributed by atoms with Gasteiger partial charge in [0.2, 0.25) is 0 Å². The van der Waals surface area contributed by atoms with Gasteiger partial charge in [-0.2, -0.15) is 0 Å². The number of benzene rings is 3. The second-order valence-corrected chi connectivity index (χ2v) is 11.8. The highest BCUT2D eigenvalue weighted by atomic mass is 16.5. The molecule has 3 aromatic carbocycles. The number of aromatic nitrogens is 1. The Labute approximate surface area is 250 Å². The summed E-state index contributed by atoms with van der Waals surface area (Å²) in [6, 6.07) is 27.2. The number of piperazine rings is 1. The molecule has 0 radical (unpaired) electrons. The van der Waals surface area contributed by atoms with Crippen LogP contribution >= 0.6 is 0 Å². The van der Waals surface area contributed by atoms with Gasteiger partial charge in [0.05, 0.1) is 12.2 Å². The Kier molecular flexibility index (Phi) is 9.40. The predicted molar refractivity (Wildman–Crippen MR) is 172 cm³/mol. The molecular weight excluding hydrogens is 520 g/mol. The molecule has 1 amide bonds. The van der Waals surface area contributed by atoms with Crippen molar-refractivity contribution < 1.29 is 9.53 Å². The number of para-hydroxylation sites is 1. The van der Waals surface area contributed by atoms with Gasteiger partial charge in [0.1, 0.15) is 5.75 Å². The Morgan fingerprint density at radius 3 is 2.17 bits per heavy atom. The number of hydrogen-bond acceptors (Lipinski definition) is 4. The Bertz CT molecular complexity index is 1420. The smallest absolute Gasteiger partial charge is 0.256 e. The van der Waals surface area contributed by atoms with E-state index in [2.05, 4.69) is 75.0 Å². The zero-order valence-corrected chi connectivity index (χ0v) is 24.8. The largest absolute Gasteiger partial charge is 0.494 e. The lowest BCUT2D eigenvalue weighted by Crippen LogP contribution is -2.48. The third kappa shape index (κ3) is 6.99. The number of carbonyl (C=O) groups excluding carboxylic acids is 1. The normalized spacial score (nSPS) is 16.8. The van der Waals surface area contributed by atoms with Crippen molar-refractivity contribution in [1.82, 2.24) is 14.4 Å². The summed E-state index contributed by atoms with van der Waals surface area (Å²) in [5.74, 6) is 1.06. The molecule has 6 rings (SSSR count). The molecule has 0 saturated carbocycles. The summed E-state index contributed by atoms with van der Waals surface area (Å²) in [7, 11) is 0. The number of likely N-dealkylation sites (tertiary alicyclic amines) is 1. The summed E-state index contributed by atoms with van der Waals surface area (Å²) in [5, 5.41) is 1.03. The first-order valence-corrected chi connectivity index (χ1v) is 15.9. The molecule has 2 aliphatic rings. The van der Waals surface area contributed by atoms with E-state index in [9.17, 15) is 4.79 Å². The predicted octanol–water partition coefficient (Wildman–Crippen LogP) is 6.69. The first-order valence-electron chi connectivity index (χ1n) is 15.9. The monoisotopic (exact) mass is 564 g/mol. The Hall–Kier alpha value is -3.77. The van der Waals surface area contributed by atoms with Gasteiger partial charge in [-0.15, -0.1) is 0 Å². The van der Waals surface area contributed by atoms with Gasteiger partial charge < -0.3 is 24.0 Å². The van der Waals surface area contributed by atoms with Crippen molar-refractivity contribution >= 4 is 22.5 Å². The quantitative estimate of drug-likeness (QED) is 0.213. The summed E-state index contributed by atoms with van der Waals surface area (Å²) in [6.07, 6.45) is 9.95. The molecule has 1 aromatic heterocycles. The molecule has 3 heterocycles. The van der Waals surface area contributed by atoms with E-state index < -0.39 is 0 Å². The van der Waals surface area contributed by atoms with Crippen LogP contribution in [0.4, 0.5) is 5.69 Å². The highest BCUT2D eigenvalue weighted by Crippen LogP contribution is 2.26. The highest BCUT2D eigenvalue weighted by Gasteiger charge is 2.25.